The third kappa shape index (κ3) is 2.13. The molecule has 0 radical (unpaired) electrons. The van der Waals surface area contributed by atoms with Crippen molar-refractivity contribution in [3.05, 3.63) is 35.4 Å². The van der Waals surface area contributed by atoms with Gasteiger partial charge in [-0.3, -0.25) is 14.5 Å². The first-order valence-electron chi connectivity index (χ1n) is 5.85. The summed E-state index contributed by atoms with van der Waals surface area (Å²) in [5.74, 6) is -0.468. The summed E-state index contributed by atoms with van der Waals surface area (Å²) in [7, 11) is -1.87. The maximum absolute atomic E-state index is 12.1. The van der Waals surface area contributed by atoms with Crippen molar-refractivity contribution in [2.45, 2.75) is 19.1 Å². The summed E-state index contributed by atoms with van der Waals surface area (Å²) in [6.45, 7) is 4.01. The Morgan fingerprint density at radius 3 is 2.06 bits per heavy atom. The number of aldehydes is 1. The van der Waals surface area contributed by atoms with Crippen molar-refractivity contribution in [3.8, 4) is 0 Å². The Bertz CT molecular complexity index is 490. The third-order valence-corrected chi connectivity index (χ3v) is 5.54. The van der Waals surface area contributed by atoms with Gasteiger partial charge < -0.3 is 4.79 Å². The molecule has 0 unspecified atom stereocenters. The van der Waals surface area contributed by atoms with Crippen LogP contribution in [0.4, 0.5) is 0 Å². The smallest absolute Gasteiger partial charge is 0.261 e. The molecule has 0 aromatic heterocycles. The van der Waals surface area contributed by atoms with E-state index in [4.69, 9.17) is 0 Å². The highest BCUT2D eigenvalue weighted by Gasteiger charge is 2.38. The molecule has 2 rings (SSSR count). The first-order chi connectivity index (χ1) is 8.46. The van der Waals surface area contributed by atoms with Crippen LogP contribution in [-0.4, -0.2) is 37.2 Å². The Kier molecular flexibility index (Phi) is 3.17. The molecule has 0 spiro atoms. The summed E-state index contributed by atoms with van der Waals surface area (Å²) in [6.07, 6.45) is 1.28. The Morgan fingerprint density at radius 1 is 1.11 bits per heavy atom. The standard InChI is InChI=1S/C13H15NO3Si/c1-18(2,8-7-15)9-14-12(16)10-5-3-4-6-11(10)13(14)17/h3-7H,8-9H2,1-2H3. The van der Waals surface area contributed by atoms with E-state index in [-0.39, 0.29) is 11.8 Å². The predicted octanol–water partition coefficient (Wildman–Crippen LogP) is 1.73. The van der Waals surface area contributed by atoms with Crippen LogP contribution in [0, 0.1) is 0 Å². The number of imide groups is 1. The quantitative estimate of drug-likeness (QED) is 0.471. The van der Waals surface area contributed by atoms with Gasteiger partial charge in [-0.1, -0.05) is 25.2 Å². The zero-order valence-electron chi connectivity index (χ0n) is 10.5. The van der Waals surface area contributed by atoms with Gasteiger partial charge in [0, 0.05) is 6.17 Å². The summed E-state index contributed by atoms with van der Waals surface area (Å²) in [4.78, 5) is 36.2. The largest absolute Gasteiger partial charge is 0.304 e. The Labute approximate surface area is 107 Å². The van der Waals surface area contributed by atoms with Crippen molar-refractivity contribution in [2.75, 3.05) is 6.17 Å². The van der Waals surface area contributed by atoms with E-state index < -0.39 is 8.07 Å². The fourth-order valence-corrected chi connectivity index (χ4v) is 3.82. The van der Waals surface area contributed by atoms with Gasteiger partial charge in [-0.2, -0.15) is 0 Å². The number of amides is 2. The second-order valence-electron chi connectivity index (χ2n) is 5.28. The molecule has 0 saturated heterocycles. The third-order valence-electron chi connectivity index (χ3n) is 3.10. The number of rotatable bonds is 4. The minimum absolute atomic E-state index is 0.234. The van der Waals surface area contributed by atoms with Crippen molar-refractivity contribution >= 4 is 26.2 Å². The second kappa shape index (κ2) is 4.49. The minimum atomic E-state index is -1.87. The van der Waals surface area contributed by atoms with Crippen LogP contribution in [0.3, 0.4) is 0 Å². The Morgan fingerprint density at radius 2 is 1.61 bits per heavy atom. The van der Waals surface area contributed by atoms with Crippen molar-refractivity contribution in [2.24, 2.45) is 0 Å². The van der Waals surface area contributed by atoms with Crippen LogP contribution in [0.2, 0.25) is 19.1 Å². The van der Waals surface area contributed by atoms with Crippen LogP contribution in [0.5, 0.6) is 0 Å². The average molecular weight is 261 g/mol. The molecule has 1 aliphatic rings. The number of carbonyl (C=O) groups is 3. The van der Waals surface area contributed by atoms with Gasteiger partial charge in [0.2, 0.25) is 0 Å². The van der Waals surface area contributed by atoms with Crippen LogP contribution in [0.1, 0.15) is 20.7 Å². The lowest BCUT2D eigenvalue weighted by molar-refractivity contribution is -0.106. The van der Waals surface area contributed by atoms with Crippen LogP contribution in [0.25, 0.3) is 0 Å². The van der Waals surface area contributed by atoms with Gasteiger partial charge in [0.05, 0.1) is 19.2 Å². The van der Waals surface area contributed by atoms with Crippen molar-refractivity contribution in [3.63, 3.8) is 0 Å². The fraction of sp³-hybridized carbons (Fsp3) is 0.308. The summed E-state index contributed by atoms with van der Waals surface area (Å²) in [5, 5.41) is 0. The van der Waals surface area contributed by atoms with E-state index in [2.05, 4.69) is 0 Å². The van der Waals surface area contributed by atoms with Gasteiger partial charge in [0.1, 0.15) is 6.29 Å². The van der Waals surface area contributed by atoms with Gasteiger partial charge >= 0.3 is 0 Å². The number of hydrogen-bond donors (Lipinski definition) is 0. The summed E-state index contributed by atoms with van der Waals surface area (Å²) < 4.78 is 0. The number of carbonyl (C=O) groups excluding carboxylic acids is 3. The van der Waals surface area contributed by atoms with Crippen LogP contribution >= 0.6 is 0 Å². The van der Waals surface area contributed by atoms with E-state index in [1.807, 2.05) is 13.1 Å². The van der Waals surface area contributed by atoms with E-state index >= 15 is 0 Å². The second-order valence-corrected chi connectivity index (χ2v) is 10.3. The highest BCUT2D eigenvalue weighted by molar-refractivity contribution is 6.80. The number of nitrogens with zero attached hydrogens (tertiary/aromatic N) is 1. The molecule has 4 nitrogen and oxygen atoms in total. The van der Waals surface area contributed by atoms with E-state index in [0.717, 1.165) is 6.29 Å². The molecule has 0 aliphatic carbocycles. The molecular weight excluding hydrogens is 246 g/mol. The molecule has 94 valence electrons. The maximum atomic E-state index is 12.1. The number of hydrogen-bond acceptors (Lipinski definition) is 3. The molecule has 18 heavy (non-hydrogen) atoms. The first-order valence-corrected chi connectivity index (χ1v) is 9.26. The molecule has 0 bridgehead atoms. The molecule has 0 atom stereocenters. The lowest BCUT2D eigenvalue weighted by Gasteiger charge is -2.25. The monoisotopic (exact) mass is 261 g/mol. The SMILES string of the molecule is C[Si](C)(CC=O)CN1C(=O)c2ccccc2C1=O. The Balaban J connectivity index is 2.26. The number of benzene rings is 1. The molecule has 2 amide bonds. The van der Waals surface area contributed by atoms with E-state index in [1.165, 1.54) is 4.90 Å². The van der Waals surface area contributed by atoms with Gasteiger partial charge in [0.15, 0.2) is 0 Å². The summed E-state index contributed by atoms with van der Waals surface area (Å²) in [5.41, 5.74) is 0.941. The van der Waals surface area contributed by atoms with Crippen molar-refractivity contribution in [1.82, 2.24) is 4.90 Å². The average Bonchev–Trinajstić information content (AvgIpc) is 2.55. The molecule has 0 N–H and O–H groups in total. The van der Waals surface area contributed by atoms with Gasteiger partial charge in [-0.05, 0) is 18.2 Å². The van der Waals surface area contributed by atoms with Crippen LogP contribution < -0.4 is 0 Å². The van der Waals surface area contributed by atoms with Crippen LogP contribution in [0.15, 0.2) is 24.3 Å². The molecule has 1 aliphatic heterocycles. The molecule has 0 fully saturated rings. The highest BCUT2D eigenvalue weighted by Crippen LogP contribution is 2.24. The topological polar surface area (TPSA) is 54.5 Å². The fourth-order valence-electron chi connectivity index (χ4n) is 2.10. The lowest BCUT2D eigenvalue weighted by atomic mass is 10.1. The highest BCUT2D eigenvalue weighted by atomic mass is 28.3. The maximum Gasteiger partial charge on any atom is 0.261 e. The molecular formula is C13H15NO3Si. The predicted molar refractivity (Wildman–Crippen MR) is 70.2 cm³/mol. The summed E-state index contributed by atoms with van der Waals surface area (Å²) >= 11 is 0. The summed E-state index contributed by atoms with van der Waals surface area (Å²) in [6, 6.07) is 7.30. The molecule has 1 heterocycles. The zero-order chi connectivity index (χ0) is 13.3. The van der Waals surface area contributed by atoms with E-state index in [0.29, 0.717) is 23.3 Å². The van der Waals surface area contributed by atoms with Gasteiger partial charge in [-0.15, -0.1) is 0 Å². The zero-order valence-corrected chi connectivity index (χ0v) is 11.5. The Hall–Kier alpha value is -1.75. The van der Waals surface area contributed by atoms with Crippen molar-refractivity contribution in [1.29, 1.82) is 0 Å². The molecule has 5 heteroatoms. The van der Waals surface area contributed by atoms with E-state index in [9.17, 15) is 14.4 Å². The number of fused-ring (bicyclic) bond motifs is 1. The normalized spacial score (nSPS) is 14.9. The van der Waals surface area contributed by atoms with Gasteiger partial charge in [-0.25, -0.2) is 0 Å². The minimum Gasteiger partial charge on any atom is -0.304 e. The van der Waals surface area contributed by atoms with Crippen molar-refractivity contribution < 1.29 is 14.4 Å². The molecule has 1 aromatic rings. The van der Waals surface area contributed by atoms with E-state index in [1.54, 1.807) is 24.3 Å². The lowest BCUT2D eigenvalue weighted by Crippen LogP contribution is -2.45. The van der Waals surface area contributed by atoms with Gasteiger partial charge in [0.25, 0.3) is 11.8 Å². The molecule has 1 aromatic carbocycles. The first kappa shape index (κ1) is 12.7. The molecule has 0 saturated carbocycles. The van der Waals surface area contributed by atoms with Crippen LogP contribution in [-0.2, 0) is 4.79 Å².